The maximum Gasteiger partial charge on any atom is 0.162 e. The predicted molar refractivity (Wildman–Crippen MR) is 57.0 cm³/mol. The molecule has 0 aromatic heterocycles. The first-order valence-electron chi connectivity index (χ1n) is 2.90. The second-order valence-corrected chi connectivity index (χ2v) is 3.30. The third kappa shape index (κ3) is 6.89. The average Bonchev–Trinajstić information content (AvgIpc) is 1.89. The van der Waals surface area contributed by atoms with Crippen molar-refractivity contribution in [2.24, 2.45) is 0 Å². The second kappa shape index (κ2) is 7.11. The molecular formula is C6H10I2O. The van der Waals surface area contributed by atoms with Crippen LogP contribution in [-0.4, -0.2) is 6.61 Å². The molecule has 0 atom stereocenters. The predicted octanol–water partition coefficient (Wildman–Crippen LogP) is 3.47. The molecule has 0 spiro atoms. The van der Waals surface area contributed by atoms with Gasteiger partial charge in [-0.1, -0.05) is 13.3 Å². The third-order valence-corrected chi connectivity index (χ3v) is 3.20. The van der Waals surface area contributed by atoms with Crippen molar-refractivity contribution in [1.82, 2.24) is 0 Å². The summed E-state index contributed by atoms with van der Waals surface area (Å²) in [5.74, 6) is 0. The van der Waals surface area contributed by atoms with Gasteiger partial charge in [-0.05, 0) is 51.6 Å². The first-order chi connectivity index (χ1) is 4.31. The molecule has 0 rings (SSSR count). The Kier molecular flexibility index (Phi) is 7.90. The molecule has 3 heteroatoms. The van der Waals surface area contributed by atoms with E-state index in [-0.39, 0.29) is 0 Å². The van der Waals surface area contributed by atoms with Crippen LogP contribution in [-0.2, 0) is 4.74 Å². The molecule has 0 aliphatic carbocycles. The van der Waals surface area contributed by atoms with E-state index in [4.69, 9.17) is 4.74 Å². The van der Waals surface area contributed by atoms with E-state index in [0.29, 0.717) is 0 Å². The van der Waals surface area contributed by atoms with Gasteiger partial charge in [0.2, 0.25) is 0 Å². The summed E-state index contributed by atoms with van der Waals surface area (Å²) in [7, 11) is 0. The molecule has 0 fully saturated rings. The van der Waals surface area contributed by atoms with E-state index in [2.05, 4.69) is 52.1 Å². The van der Waals surface area contributed by atoms with Crippen molar-refractivity contribution in [3.05, 3.63) is 7.85 Å². The molecule has 0 aliphatic rings. The van der Waals surface area contributed by atoms with Gasteiger partial charge in [-0.3, -0.25) is 0 Å². The van der Waals surface area contributed by atoms with Crippen molar-refractivity contribution in [3.8, 4) is 0 Å². The Morgan fingerprint density at radius 3 is 2.78 bits per heavy atom. The first-order valence-corrected chi connectivity index (χ1v) is 5.22. The van der Waals surface area contributed by atoms with Gasteiger partial charge in [0.25, 0.3) is 0 Å². The van der Waals surface area contributed by atoms with Gasteiger partial charge in [0.15, 0.2) is 3.77 Å². The van der Waals surface area contributed by atoms with Crippen LogP contribution >= 0.6 is 45.2 Å². The molecule has 1 nitrogen and oxygen atoms in total. The molecule has 0 bridgehead atoms. The molecule has 0 aromatic rings. The second-order valence-electron chi connectivity index (χ2n) is 1.62. The van der Waals surface area contributed by atoms with Gasteiger partial charge >= 0.3 is 0 Å². The third-order valence-electron chi connectivity index (χ3n) is 0.824. The lowest BCUT2D eigenvalue weighted by molar-refractivity contribution is 0.239. The number of hydrogen-bond donors (Lipinski definition) is 0. The number of rotatable bonds is 4. The van der Waals surface area contributed by atoms with Gasteiger partial charge in [0.1, 0.15) is 0 Å². The van der Waals surface area contributed by atoms with E-state index in [9.17, 15) is 0 Å². The van der Waals surface area contributed by atoms with Crippen LogP contribution in [0.1, 0.15) is 19.8 Å². The van der Waals surface area contributed by atoms with Crippen molar-refractivity contribution in [1.29, 1.82) is 0 Å². The minimum Gasteiger partial charge on any atom is -0.487 e. The Bertz CT molecular complexity index is 91.1. The Hall–Kier alpha value is 1.00. The maximum atomic E-state index is 5.27. The summed E-state index contributed by atoms with van der Waals surface area (Å²) in [6.45, 7) is 3.01. The van der Waals surface area contributed by atoms with Gasteiger partial charge in [-0.25, -0.2) is 0 Å². The molecule has 9 heavy (non-hydrogen) atoms. The summed E-state index contributed by atoms with van der Waals surface area (Å²) >= 11 is 4.35. The highest BCUT2D eigenvalue weighted by Gasteiger charge is 1.87. The Labute approximate surface area is 83.5 Å². The lowest BCUT2D eigenvalue weighted by Crippen LogP contribution is -1.87. The largest absolute Gasteiger partial charge is 0.487 e. The van der Waals surface area contributed by atoms with E-state index in [0.717, 1.165) is 16.8 Å². The van der Waals surface area contributed by atoms with Gasteiger partial charge < -0.3 is 4.74 Å². The normalized spacial score (nSPS) is 11.7. The summed E-state index contributed by atoms with van der Waals surface area (Å²) in [5, 5.41) is 0. The van der Waals surface area contributed by atoms with Crippen LogP contribution in [0.3, 0.4) is 0 Å². The van der Waals surface area contributed by atoms with Gasteiger partial charge in [-0.15, -0.1) is 0 Å². The minimum absolute atomic E-state index is 0.855. The minimum atomic E-state index is 0.855. The van der Waals surface area contributed by atoms with Crippen LogP contribution in [0.4, 0.5) is 0 Å². The summed E-state index contributed by atoms with van der Waals surface area (Å²) < 4.78 is 8.20. The van der Waals surface area contributed by atoms with Crippen molar-refractivity contribution >= 4 is 45.2 Å². The number of hydrogen-bond acceptors (Lipinski definition) is 1. The average molecular weight is 352 g/mol. The van der Waals surface area contributed by atoms with Crippen LogP contribution in [0, 0.1) is 0 Å². The first kappa shape index (κ1) is 10.0. The topological polar surface area (TPSA) is 9.23 Å². The van der Waals surface area contributed by atoms with Crippen molar-refractivity contribution < 1.29 is 4.74 Å². The molecule has 0 aliphatic heterocycles. The summed E-state index contributed by atoms with van der Waals surface area (Å²) in [6, 6.07) is 0. The van der Waals surface area contributed by atoms with E-state index in [1.54, 1.807) is 0 Å². The highest BCUT2D eigenvalue weighted by molar-refractivity contribution is 14.1. The molecule has 0 heterocycles. The number of unbranched alkanes of at least 4 members (excludes halogenated alkanes) is 1. The van der Waals surface area contributed by atoms with Gasteiger partial charge in [-0.2, -0.15) is 0 Å². The molecule has 0 saturated heterocycles. The van der Waals surface area contributed by atoms with Crippen LogP contribution in [0.25, 0.3) is 0 Å². The lowest BCUT2D eigenvalue weighted by Gasteiger charge is -2.00. The standard InChI is InChI=1S/C6H10I2O/c1-2-3-4-9-6(8)5-7/h5H,2-4H2,1H3/b6-5+. The fraction of sp³-hybridized carbons (Fsp3) is 0.667. The molecule has 0 saturated carbocycles. The van der Waals surface area contributed by atoms with Gasteiger partial charge in [0, 0.05) is 4.08 Å². The number of halogens is 2. The van der Waals surface area contributed by atoms with Gasteiger partial charge in [0.05, 0.1) is 6.61 Å². The summed E-state index contributed by atoms with van der Waals surface area (Å²) in [6.07, 6.45) is 2.35. The highest BCUT2D eigenvalue weighted by atomic mass is 127. The van der Waals surface area contributed by atoms with E-state index in [1.165, 1.54) is 6.42 Å². The Morgan fingerprint density at radius 2 is 2.33 bits per heavy atom. The smallest absolute Gasteiger partial charge is 0.162 e. The molecule has 0 N–H and O–H groups in total. The zero-order valence-corrected chi connectivity index (χ0v) is 9.68. The molecule has 0 radical (unpaired) electrons. The van der Waals surface area contributed by atoms with Crippen LogP contribution < -0.4 is 0 Å². The van der Waals surface area contributed by atoms with Crippen LogP contribution in [0.2, 0.25) is 0 Å². The molecule has 0 aromatic carbocycles. The quantitative estimate of drug-likeness (QED) is 0.428. The molecule has 0 amide bonds. The zero-order chi connectivity index (χ0) is 7.11. The van der Waals surface area contributed by atoms with E-state index >= 15 is 0 Å². The number of ether oxygens (including phenoxy) is 1. The van der Waals surface area contributed by atoms with E-state index < -0.39 is 0 Å². The lowest BCUT2D eigenvalue weighted by atomic mass is 10.4. The highest BCUT2D eigenvalue weighted by Crippen LogP contribution is 2.10. The zero-order valence-electron chi connectivity index (χ0n) is 5.36. The Balaban J connectivity index is 3.07. The Morgan fingerprint density at radius 1 is 1.67 bits per heavy atom. The molecule has 54 valence electrons. The van der Waals surface area contributed by atoms with Crippen LogP contribution in [0.15, 0.2) is 7.85 Å². The monoisotopic (exact) mass is 352 g/mol. The summed E-state index contributed by atoms with van der Waals surface area (Å²) in [5.41, 5.74) is 0. The van der Waals surface area contributed by atoms with E-state index in [1.807, 2.05) is 4.08 Å². The SMILES string of the molecule is CCCCO/C(I)=C/I. The van der Waals surface area contributed by atoms with Crippen molar-refractivity contribution in [2.75, 3.05) is 6.61 Å². The summed E-state index contributed by atoms with van der Waals surface area (Å²) in [4.78, 5) is 0. The van der Waals surface area contributed by atoms with Crippen molar-refractivity contribution in [3.63, 3.8) is 0 Å². The molecule has 0 unspecified atom stereocenters. The fourth-order valence-electron chi connectivity index (χ4n) is 0.346. The fourth-order valence-corrected chi connectivity index (χ4v) is 0.745. The van der Waals surface area contributed by atoms with Crippen molar-refractivity contribution in [2.45, 2.75) is 19.8 Å². The maximum absolute atomic E-state index is 5.27. The molecular weight excluding hydrogens is 342 g/mol. The van der Waals surface area contributed by atoms with Crippen LogP contribution in [0.5, 0.6) is 0 Å².